The van der Waals surface area contributed by atoms with Crippen molar-refractivity contribution in [3.8, 4) is 0 Å². The van der Waals surface area contributed by atoms with E-state index < -0.39 is 29.7 Å². The molecule has 0 radical (unpaired) electrons. The number of hydrogen-bond donors (Lipinski definition) is 2. The first kappa shape index (κ1) is 45.9. The van der Waals surface area contributed by atoms with E-state index in [1.54, 1.807) is 18.2 Å². The van der Waals surface area contributed by atoms with Crippen LogP contribution in [0.1, 0.15) is 91.8 Å². The average molecular weight is 780 g/mol. The zero-order chi connectivity index (χ0) is 39.4. The maximum atomic E-state index is 13.2. The van der Waals surface area contributed by atoms with Crippen molar-refractivity contribution in [1.29, 1.82) is 0 Å². The molecule has 1 atom stereocenters. The standard InChI is InChI=1S/C39H61N3O13/c1-2-3-4-5-6-7-8-12-35(44)55-30-29-54-28-27-53-26-25-52-24-23-51-22-21-50-20-19-49-18-17-48-16-15-40-32-11-9-10-31-36(32)39(47)42(38(31)46)33-13-14-34(43)41-37(33)45/h9-11,33,40H,2-8,12-30H2,1H3,(H,41,43,45). The summed E-state index contributed by atoms with van der Waals surface area (Å²) in [6, 6.07) is 3.90. The number of ether oxygens (including phenoxy) is 8. The van der Waals surface area contributed by atoms with Gasteiger partial charge in [-0.15, -0.1) is 0 Å². The number of unbranched alkanes of at least 4 members (excludes halogenated alkanes) is 6. The Morgan fingerprint density at radius 3 is 1.73 bits per heavy atom. The lowest BCUT2D eigenvalue weighted by atomic mass is 10.0. The maximum absolute atomic E-state index is 13.2. The summed E-state index contributed by atoms with van der Waals surface area (Å²) < 4.78 is 43.7. The van der Waals surface area contributed by atoms with Crippen LogP contribution < -0.4 is 10.6 Å². The first-order valence-corrected chi connectivity index (χ1v) is 19.7. The Morgan fingerprint density at radius 1 is 0.673 bits per heavy atom. The fourth-order valence-electron chi connectivity index (χ4n) is 5.85. The van der Waals surface area contributed by atoms with Crippen molar-refractivity contribution in [1.82, 2.24) is 10.2 Å². The first-order valence-electron chi connectivity index (χ1n) is 19.7. The second-order valence-electron chi connectivity index (χ2n) is 13.0. The third kappa shape index (κ3) is 18.3. The van der Waals surface area contributed by atoms with Crippen molar-refractivity contribution in [3.63, 3.8) is 0 Å². The van der Waals surface area contributed by atoms with Gasteiger partial charge in [-0.1, -0.05) is 51.5 Å². The van der Waals surface area contributed by atoms with E-state index in [9.17, 15) is 24.0 Å². The molecule has 1 fully saturated rings. The van der Waals surface area contributed by atoms with Crippen LogP contribution in [-0.2, 0) is 52.3 Å². The maximum Gasteiger partial charge on any atom is 0.305 e. The molecule has 2 N–H and O–H groups in total. The lowest BCUT2D eigenvalue weighted by Gasteiger charge is -2.27. The highest BCUT2D eigenvalue weighted by atomic mass is 16.6. The van der Waals surface area contributed by atoms with Crippen molar-refractivity contribution in [2.24, 2.45) is 0 Å². The van der Waals surface area contributed by atoms with E-state index in [1.807, 2.05) is 0 Å². The van der Waals surface area contributed by atoms with E-state index in [0.29, 0.717) is 111 Å². The predicted molar refractivity (Wildman–Crippen MR) is 201 cm³/mol. The SMILES string of the molecule is CCCCCCCCCC(=O)OCCOCCOCCOCCOCCOCCOCCOCCNc1cccc2c1C(=O)N(C1CCC(=O)NC1=O)C2=O. The van der Waals surface area contributed by atoms with E-state index in [2.05, 4.69) is 17.6 Å². The zero-order valence-electron chi connectivity index (χ0n) is 32.4. The third-order valence-electron chi connectivity index (χ3n) is 8.74. The molecule has 2 heterocycles. The number of amides is 4. The topological polar surface area (TPSA) is 186 Å². The summed E-state index contributed by atoms with van der Waals surface area (Å²) >= 11 is 0. The van der Waals surface area contributed by atoms with Crippen LogP contribution in [0.5, 0.6) is 0 Å². The number of hydrogen-bond acceptors (Lipinski definition) is 14. The summed E-state index contributed by atoms with van der Waals surface area (Å²) in [5, 5.41) is 5.33. The molecular weight excluding hydrogens is 718 g/mol. The molecule has 1 saturated heterocycles. The first-order chi connectivity index (χ1) is 26.9. The number of piperidine rings is 1. The summed E-state index contributed by atoms with van der Waals surface area (Å²) in [7, 11) is 0. The Balaban J connectivity index is 1.03. The van der Waals surface area contributed by atoms with Crippen LogP contribution in [0.25, 0.3) is 0 Å². The number of rotatable bonds is 34. The number of carbonyl (C=O) groups excluding carboxylic acids is 5. The molecule has 55 heavy (non-hydrogen) atoms. The molecule has 0 spiro atoms. The lowest BCUT2D eigenvalue weighted by Crippen LogP contribution is -2.54. The van der Waals surface area contributed by atoms with Gasteiger partial charge in [-0.2, -0.15) is 0 Å². The fraction of sp³-hybridized carbons (Fsp3) is 0.718. The number of esters is 1. The summed E-state index contributed by atoms with van der Waals surface area (Å²) in [4.78, 5) is 62.6. The van der Waals surface area contributed by atoms with Gasteiger partial charge >= 0.3 is 5.97 Å². The number of carbonyl (C=O) groups is 5. The Morgan fingerprint density at radius 2 is 1.18 bits per heavy atom. The van der Waals surface area contributed by atoms with Gasteiger partial charge in [0.2, 0.25) is 11.8 Å². The number of fused-ring (bicyclic) bond motifs is 1. The third-order valence-corrected chi connectivity index (χ3v) is 8.74. The molecule has 0 aliphatic carbocycles. The van der Waals surface area contributed by atoms with E-state index in [0.717, 1.165) is 17.7 Å². The van der Waals surface area contributed by atoms with Crippen molar-refractivity contribution >= 4 is 35.3 Å². The number of imide groups is 2. The summed E-state index contributed by atoms with van der Waals surface area (Å²) in [5.41, 5.74) is 0.904. The van der Waals surface area contributed by atoms with Gasteiger partial charge in [-0.05, 0) is 25.0 Å². The fourth-order valence-corrected chi connectivity index (χ4v) is 5.85. The van der Waals surface area contributed by atoms with Gasteiger partial charge in [0.25, 0.3) is 11.8 Å². The Labute approximate surface area is 324 Å². The molecule has 0 bridgehead atoms. The van der Waals surface area contributed by atoms with E-state index >= 15 is 0 Å². The minimum Gasteiger partial charge on any atom is -0.463 e. The molecule has 16 nitrogen and oxygen atoms in total. The highest BCUT2D eigenvalue weighted by Gasteiger charge is 2.45. The monoisotopic (exact) mass is 779 g/mol. The molecule has 1 aromatic rings. The average Bonchev–Trinajstić information content (AvgIpc) is 3.43. The van der Waals surface area contributed by atoms with Gasteiger partial charge in [0.1, 0.15) is 12.6 Å². The second-order valence-corrected chi connectivity index (χ2v) is 13.0. The smallest absolute Gasteiger partial charge is 0.305 e. The summed E-state index contributed by atoms with van der Waals surface area (Å²) in [6.07, 6.45) is 8.86. The molecule has 0 aromatic heterocycles. The van der Waals surface area contributed by atoms with Gasteiger partial charge in [-0.25, -0.2) is 0 Å². The molecular formula is C39H61N3O13. The molecule has 16 heteroatoms. The van der Waals surface area contributed by atoms with Gasteiger partial charge in [0, 0.05) is 25.1 Å². The van der Waals surface area contributed by atoms with Gasteiger partial charge in [-0.3, -0.25) is 34.2 Å². The number of nitrogens with zero attached hydrogens (tertiary/aromatic N) is 1. The van der Waals surface area contributed by atoms with E-state index in [4.69, 9.17) is 37.9 Å². The second kappa shape index (κ2) is 28.8. The number of benzene rings is 1. The van der Waals surface area contributed by atoms with E-state index in [1.165, 1.54) is 32.1 Å². The quantitative estimate of drug-likeness (QED) is 0.0590. The molecule has 310 valence electrons. The highest BCUT2D eigenvalue weighted by molar-refractivity contribution is 6.25. The summed E-state index contributed by atoms with van der Waals surface area (Å²) in [5.74, 6) is -2.33. The predicted octanol–water partition coefficient (Wildman–Crippen LogP) is 3.30. The van der Waals surface area contributed by atoms with Crippen LogP contribution in [0.3, 0.4) is 0 Å². The normalized spacial score (nSPS) is 15.4. The van der Waals surface area contributed by atoms with Crippen LogP contribution in [0.15, 0.2) is 18.2 Å². The molecule has 3 rings (SSSR count). The van der Waals surface area contributed by atoms with Crippen molar-refractivity contribution in [2.75, 3.05) is 111 Å². The van der Waals surface area contributed by atoms with Crippen molar-refractivity contribution in [3.05, 3.63) is 29.3 Å². The zero-order valence-corrected chi connectivity index (χ0v) is 32.4. The Kier molecular flexibility index (Phi) is 24.1. The van der Waals surface area contributed by atoms with Crippen LogP contribution in [0.4, 0.5) is 5.69 Å². The van der Waals surface area contributed by atoms with Gasteiger partial charge in [0.05, 0.1) is 104 Å². The van der Waals surface area contributed by atoms with Gasteiger partial charge < -0.3 is 43.2 Å². The Hall–Kier alpha value is -3.51. The van der Waals surface area contributed by atoms with Gasteiger partial charge in [0.15, 0.2) is 0 Å². The Bertz CT molecular complexity index is 1300. The minimum absolute atomic E-state index is 0.0650. The molecule has 4 amide bonds. The molecule has 2 aliphatic heterocycles. The van der Waals surface area contributed by atoms with Crippen molar-refractivity contribution in [2.45, 2.75) is 77.2 Å². The van der Waals surface area contributed by atoms with E-state index in [-0.39, 0.29) is 36.5 Å². The summed E-state index contributed by atoms with van der Waals surface area (Å²) in [6.45, 7) is 8.74. The molecule has 2 aliphatic rings. The molecule has 1 aromatic carbocycles. The van der Waals surface area contributed by atoms with Crippen molar-refractivity contribution < 1.29 is 61.9 Å². The largest absolute Gasteiger partial charge is 0.463 e. The minimum atomic E-state index is -1.01. The van der Waals surface area contributed by atoms with Crippen LogP contribution in [0.2, 0.25) is 0 Å². The molecule has 0 saturated carbocycles. The van der Waals surface area contributed by atoms with Crippen LogP contribution in [-0.4, -0.2) is 146 Å². The number of nitrogens with one attached hydrogen (secondary N) is 2. The number of anilines is 1. The van der Waals surface area contributed by atoms with Crippen LogP contribution in [0, 0.1) is 0 Å². The molecule has 1 unspecified atom stereocenters. The highest BCUT2D eigenvalue weighted by Crippen LogP contribution is 2.32. The van der Waals surface area contributed by atoms with Crippen LogP contribution >= 0.6 is 0 Å². The lowest BCUT2D eigenvalue weighted by molar-refractivity contribution is -0.145.